The van der Waals surface area contributed by atoms with Crippen LogP contribution in [0.5, 0.6) is 0 Å². The Kier molecular flexibility index (Phi) is 9.45. The van der Waals surface area contributed by atoms with E-state index < -0.39 is 0 Å². The van der Waals surface area contributed by atoms with Gasteiger partial charge in [-0.1, -0.05) is 48.5 Å². The van der Waals surface area contributed by atoms with Crippen molar-refractivity contribution < 1.29 is 19.5 Å². The van der Waals surface area contributed by atoms with Gasteiger partial charge in [-0.2, -0.15) is 0 Å². The molecule has 0 aliphatic heterocycles. The van der Waals surface area contributed by atoms with E-state index in [9.17, 15) is 0 Å². The largest absolute Gasteiger partial charge is 0.255 e. The van der Waals surface area contributed by atoms with Crippen molar-refractivity contribution in [3.05, 3.63) is 145 Å². The van der Waals surface area contributed by atoms with Crippen molar-refractivity contribution >= 4 is 43.6 Å². The quantitative estimate of drug-likeness (QED) is 0.132. The molecule has 8 aromatic rings. The summed E-state index contributed by atoms with van der Waals surface area (Å²) in [5.74, 6) is 0. The maximum atomic E-state index is 4.35. The Morgan fingerprint density at radius 1 is 0.349 bits per heavy atom. The van der Waals surface area contributed by atoms with Crippen LogP contribution < -0.4 is 0 Å². The molecular formula is C36H28N6Ru. The van der Waals surface area contributed by atoms with E-state index in [1.165, 1.54) is 11.1 Å². The van der Waals surface area contributed by atoms with Crippen molar-refractivity contribution in [3.8, 4) is 11.4 Å². The Balaban J connectivity index is 0.000000127. The second-order valence-electron chi connectivity index (χ2n) is 9.87. The molecule has 7 heteroatoms. The molecule has 0 fully saturated rings. The summed E-state index contributed by atoms with van der Waals surface area (Å²) < 4.78 is 0. The van der Waals surface area contributed by atoms with Gasteiger partial charge in [-0.15, -0.1) is 0 Å². The molecule has 43 heavy (non-hydrogen) atoms. The van der Waals surface area contributed by atoms with Crippen LogP contribution in [-0.2, 0) is 19.5 Å². The number of fused-ring (bicyclic) bond motifs is 6. The first-order chi connectivity index (χ1) is 20.7. The number of benzene rings is 2. The number of nitrogens with zero attached hydrogens (tertiary/aromatic N) is 6. The van der Waals surface area contributed by atoms with Crippen LogP contribution in [0.25, 0.3) is 55.0 Å². The maximum absolute atomic E-state index is 4.35. The molecule has 0 spiro atoms. The van der Waals surface area contributed by atoms with Gasteiger partial charge in [0.1, 0.15) is 0 Å². The maximum Gasteiger partial charge on any atom is 0.0964 e. The minimum atomic E-state index is 0. The molecule has 0 unspecified atom stereocenters. The number of hydrogen-bond acceptors (Lipinski definition) is 6. The summed E-state index contributed by atoms with van der Waals surface area (Å²) in [6, 6.07) is 32.3. The van der Waals surface area contributed by atoms with Gasteiger partial charge < -0.3 is 0 Å². The van der Waals surface area contributed by atoms with Gasteiger partial charge in [-0.05, 0) is 73.5 Å². The normalized spacial score (nSPS) is 10.4. The fraction of sp³-hybridized carbons (Fsp3) is 0.0556. The first-order valence-corrected chi connectivity index (χ1v) is 13.7. The molecule has 0 saturated carbocycles. The monoisotopic (exact) mass is 646 g/mol. The van der Waals surface area contributed by atoms with E-state index in [1.54, 1.807) is 24.8 Å². The summed E-state index contributed by atoms with van der Waals surface area (Å²) >= 11 is 0. The van der Waals surface area contributed by atoms with Crippen LogP contribution in [0.1, 0.15) is 11.1 Å². The molecule has 0 saturated heterocycles. The third kappa shape index (κ3) is 6.91. The topological polar surface area (TPSA) is 77.3 Å². The Hall–Kier alpha value is -5.00. The van der Waals surface area contributed by atoms with Crippen LogP contribution in [0.4, 0.5) is 0 Å². The van der Waals surface area contributed by atoms with Gasteiger partial charge >= 0.3 is 0 Å². The van der Waals surface area contributed by atoms with E-state index in [1.807, 2.05) is 60.9 Å². The average molecular weight is 646 g/mol. The van der Waals surface area contributed by atoms with Crippen molar-refractivity contribution in [2.24, 2.45) is 0 Å². The van der Waals surface area contributed by atoms with Gasteiger partial charge in [-0.25, -0.2) is 0 Å². The van der Waals surface area contributed by atoms with E-state index in [-0.39, 0.29) is 19.5 Å². The van der Waals surface area contributed by atoms with Crippen LogP contribution >= 0.6 is 0 Å². The molecule has 6 nitrogen and oxygen atoms in total. The first kappa shape index (κ1) is 29.5. The van der Waals surface area contributed by atoms with Crippen molar-refractivity contribution in [1.29, 1.82) is 0 Å². The first-order valence-electron chi connectivity index (χ1n) is 13.7. The fourth-order valence-electron chi connectivity index (χ4n) is 4.71. The van der Waals surface area contributed by atoms with Gasteiger partial charge in [-0.3, -0.25) is 29.9 Å². The van der Waals surface area contributed by atoms with Crippen LogP contribution in [0.2, 0.25) is 0 Å². The predicted molar refractivity (Wildman–Crippen MR) is 171 cm³/mol. The number of pyridine rings is 6. The van der Waals surface area contributed by atoms with Crippen LogP contribution in [0, 0.1) is 13.8 Å². The average Bonchev–Trinajstić information content (AvgIpc) is 3.05. The van der Waals surface area contributed by atoms with Crippen LogP contribution in [0.3, 0.4) is 0 Å². The molecule has 0 N–H and O–H groups in total. The van der Waals surface area contributed by atoms with E-state index in [2.05, 4.69) is 92.3 Å². The zero-order valence-electron chi connectivity index (χ0n) is 23.7. The Morgan fingerprint density at radius 2 is 0.651 bits per heavy atom. The molecule has 6 aromatic heterocycles. The molecule has 0 aliphatic carbocycles. The molecule has 0 amide bonds. The number of hydrogen-bond donors (Lipinski definition) is 0. The molecule has 0 aliphatic rings. The minimum Gasteiger partial charge on any atom is -0.255 e. The SMILES string of the molecule is Cc1ccnc(-c2cc(C)ccn2)c1.[Ru].c1cnc2c(c1)ccc1cccnc12.c1cnc2c(c1)ccc1cccnc12. The van der Waals surface area contributed by atoms with Gasteiger partial charge in [0.15, 0.2) is 0 Å². The molecule has 6 heterocycles. The Morgan fingerprint density at radius 3 is 0.930 bits per heavy atom. The summed E-state index contributed by atoms with van der Waals surface area (Å²) in [4.78, 5) is 26.0. The predicted octanol–water partition coefficient (Wildman–Crippen LogP) is 8.32. The summed E-state index contributed by atoms with van der Waals surface area (Å²) in [7, 11) is 0. The van der Waals surface area contributed by atoms with E-state index in [0.717, 1.165) is 55.0 Å². The standard InChI is InChI=1S/2C12H8N2.C12H12N2.Ru/c2*1-3-9-5-6-10-4-2-8-14-12(10)11(9)13-7-1;1-9-3-5-13-11(7-9)12-8-10(2)4-6-14-12;/h2*1-8H;3-8H,1-2H3;. The van der Waals surface area contributed by atoms with Gasteiger partial charge in [0.2, 0.25) is 0 Å². The third-order valence-electron chi connectivity index (χ3n) is 6.78. The zero-order valence-corrected chi connectivity index (χ0v) is 25.5. The summed E-state index contributed by atoms with van der Waals surface area (Å²) in [6.45, 7) is 4.11. The van der Waals surface area contributed by atoms with E-state index in [4.69, 9.17) is 0 Å². The number of aryl methyl sites for hydroxylation is 2. The molecule has 0 atom stereocenters. The van der Waals surface area contributed by atoms with E-state index >= 15 is 0 Å². The Bertz CT molecular complexity index is 1880. The van der Waals surface area contributed by atoms with Crippen molar-refractivity contribution in [3.63, 3.8) is 0 Å². The molecule has 0 bridgehead atoms. The van der Waals surface area contributed by atoms with Gasteiger partial charge in [0.05, 0.1) is 33.5 Å². The smallest absolute Gasteiger partial charge is 0.0964 e. The Labute approximate surface area is 262 Å². The van der Waals surface area contributed by atoms with Crippen LogP contribution in [0.15, 0.2) is 134 Å². The number of rotatable bonds is 1. The van der Waals surface area contributed by atoms with Crippen molar-refractivity contribution in [1.82, 2.24) is 29.9 Å². The number of aromatic nitrogens is 6. The summed E-state index contributed by atoms with van der Waals surface area (Å²) in [6.07, 6.45) is 10.8. The molecule has 210 valence electrons. The van der Waals surface area contributed by atoms with Crippen LogP contribution in [-0.4, -0.2) is 29.9 Å². The summed E-state index contributed by atoms with van der Waals surface area (Å²) in [5, 5.41) is 4.55. The van der Waals surface area contributed by atoms with E-state index in [0.29, 0.717) is 0 Å². The van der Waals surface area contributed by atoms with Gasteiger partial charge in [0, 0.05) is 78.2 Å². The molecule has 8 rings (SSSR count). The second kappa shape index (κ2) is 13.8. The third-order valence-corrected chi connectivity index (χ3v) is 6.78. The van der Waals surface area contributed by atoms with Gasteiger partial charge in [0.25, 0.3) is 0 Å². The second-order valence-corrected chi connectivity index (χ2v) is 9.87. The van der Waals surface area contributed by atoms with Crippen molar-refractivity contribution in [2.45, 2.75) is 13.8 Å². The summed E-state index contributed by atoms with van der Waals surface area (Å²) in [5.41, 5.74) is 8.20. The zero-order chi connectivity index (χ0) is 28.7. The molecule has 2 aromatic carbocycles. The molecular weight excluding hydrogens is 618 g/mol. The molecule has 0 radical (unpaired) electrons. The van der Waals surface area contributed by atoms with Crippen molar-refractivity contribution in [2.75, 3.05) is 0 Å². The minimum absolute atomic E-state index is 0. The fourth-order valence-corrected chi connectivity index (χ4v) is 4.71.